The van der Waals surface area contributed by atoms with Crippen LogP contribution in [-0.2, 0) is 4.79 Å². The Balaban J connectivity index is 1.53. The monoisotopic (exact) mass is 231 g/mol. The van der Waals surface area contributed by atoms with Gasteiger partial charge in [-0.15, -0.1) is 0 Å². The summed E-state index contributed by atoms with van der Waals surface area (Å²) in [5.41, 5.74) is 1.27. The molecule has 3 nitrogen and oxygen atoms in total. The number of benzene rings is 1. The van der Waals surface area contributed by atoms with Gasteiger partial charge < -0.3 is 10.4 Å². The molecule has 0 spiro atoms. The SMILES string of the molecule is O=C(NC1CC(O)C1)C1CC1c1ccccc1. The Hall–Kier alpha value is -1.35. The summed E-state index contributed by atoms with van der Waals surface area (Å²) >= 11 is 0. The quantitative estimate of drug-likeness (QED) is 0.826. The molecular weight excluding hydrogens is 214 g/mol. The number of nitrogens with one attached hydrogen (secondary N) is 1. The van der Waals surface area contributed by atoms with Crippen molar-refractivity contribution in [2.45, 2.75) is 37.3 Å². The fourth-order valence-corrected chi connectivity index (χ4v) is 2.57. The van der Waals surface area contributed by atoms with E-state index in [1.165, 1.54) is 5.56 Å². The average molecular weight is 231 g/mol. The lowest BCUT2D eigenvalue weighted by molar-refractivity contribution is -0.124. The van der Waals surface area contributed by atoms with Crippen LogP contribution in [-0.4, -0.2) is 23.2 Å². The number of carbonyl (C=O) groups excluding carboxylic acids is 1. The van der Waals surface area contributed by atoms with E-state index in [0.29, 0.717) is 18.8 Å². The first-order chi connectivity index (χ1) is 8.24. The minimum absolute atomic E-state index is 0.148. The van der Waals surface area contributed by atoms with E-state index in [9.17, 15) is 4.79 Å². The number of rotatable bonds is 3. The van der Waals surface area contributed by atoms with Crippen LogP contribution in [0.5, 0.6) is 0 Å². The first-order valence-electron chi connectivity index (χ1n) is 6.27. The summed E-state index contributed by atoms with van der Waals surface area (Å²) < 4.78 is 0. The van der Waals surface area contributed by atoms with Gasteiger partial charge >= 0.3 is 0 Å². The molecular formula is C14H17NO2. The van der Waals surface area contributed by atoms with Crippen LogP contribution in [0.4, 0.5) is 0 Å². The molecule has 2 unspecified atom stereocenters. The summed E-state index contributed by atoms with van der Waals surface area (Å²) in [5, 5.41) is 12.2. The molecule has 0 saturated heterocycles. The molecule has 17 heavy (non-hydrogen) atoms. The highest BCUT2D eigenvalue weighted by molar-refractivity contribution is 5.83. The maximum absolute atomic E-state index is 11.9. The van der Waals surface area contributed by atoms with Crippen molar-refractivity contribution in [1.29, 1.82) is 0 Å². The second kappa shape index (κ2) is 4.15. The van der Waals surface area contributed by atoms with Crippen molar-refractivity contribution in [3.8, 4) is 0 Å². The Morgan fingerprint density at radius 1 is 1.18 bits per heavy atom. The lowest BCUT2D eigenvalue weighted by Gasteiger charge is -2.32. The minimum Gasteiger partial charge on any atom is -0.393 e. The van der Waals surface area contributed by atoms with Gasteiger partial charge in [0.05, 0.1) is 6.10 Å². The summed E-state index contributed by atoms with van der Waals surface area (Å²) in [5.74, 6) is 0.715. The van der Waals surface area contributed by atoms with E-state index in [2.05, 4.69) is 17.4 Å². The predicted molar refractivity (Wildman–Crippen MR) is 64.5 cm³/mol. The Morgan fingerprint density at radius 3 is 2.53 bits per heavy atom. The smallest absolute Gasteiger partial charge is 0.223 e. The van der Waals surface area contributed by atoms with Gasteiger partial charge in [0, 0.05) is 12.0 Å². The molecule has 3 rings (SSSR count). The predicted octanol–water partition coefficient (Wildman–Crippen LogP) is 1.43. The Kier molecular flexibility index (Phi) is 2.63. The van der Waals surface area contributed by atoms with Gasteiger partial charge in [0.15, 0.2) is 0 Å². The number of aliphatic hydroxyl groups is 1. The standard InChI is InChI=1S/C14H17NO2/c16-11-6-10(7-11)15-14(17)13-8-12(13)9-4-2-1-3-5-9/h1-5,10-13,16H,6-8H2,(H,15,17). The number of hydrogen-bond donors (Lipinski definition) is 2. The summed E-state index contributed by atoms with van der Waals surface area (Å²) in [4.78, 5) is 11.9. The Morgan fingerprint density at radius 2 is 1.88 bits per heavy atom. The Bertz CT molecular complexity index is 411. The second-order valence-electron chi connectivity index (χ2n) is 5.19. The van der Waals surface area contributed by atoms with Crippen molar-refractivity contribution in [2.75, 3.05) is 0 Å². The van der Waals surface area contributed by atoms with Crippen LogP contribution in [0, 0.1) is 5.92 Å². The van der Waals surface area contributed by atoms with E-state index in [1.807, 2.05) is 18.2 Å². The largest absolute Gasteiger partial charge is 0.393 e. The van der Waals surface area contributed by atoms with Gasteiger partial charge in [0.25, 0.3) is 0 Å². The molecule has 0 heterocycles. The van der Waals surface area contributed by atoms with Crippen molar-refractivity contribution in [2.24, 2.45) is 5.92 Å². The molecule has 2 atom stereocenters. The lowest BCUT2D eigenvalue weighted by Crippen LogP contribution is -2.47. The van der Waals surface area contributed by atoms with Gasteiger partial charge in [-0.2, -0.15) is 0 Å². The molecule has 2 aliphatic rings. The molecule has 90 valence electrons. The van der Waals surface area contributed by atoms with Crippen LogP contribution in [0.3, 0.4) is 0 Å². The minimum atomic E-state index is -0.204. The van der Waals surface area contributed by atoms with Crippen LogP contribution in [0.15, 0.2) is 30.3 Å². The molecule has 2 aliphatic carbocycles. The van der Waals surface area contributed by atoms with E-state index in [1.54, 1.807) is 0 Å². The molecule has 0 radical (unpaired) electrons. The lowest BCUT2D eigenvalue weighted by atomic mass is 9.89. The van der Waals surface area contributed by atoms with Crippen molar-refractivity contribution in [3.63, 3.8) is 0 Å². The van der Waals surface area contributed by atoms with Gasteiger partial charge in [-0.25, -0.2) is 0 Å². The van der Waals surface area contributed by atoms with Crippen LogP contribution >= 0.6 is 0 Å². The van der Waals surface area contributed by atoms with Gasteiger partial charge in [-0.3, -0.25) is 4.79 Å². The zero-order chi connectivity index (χ0) is 11.8. The van der Waals surface area contributed by atoms with Crippen LogP contribution in [0.1, 0.15) is 30.7 Å². The van der Waals surface area contributed by atoms with Crippen molar-refractivity contribution in [1.82, 2.24) is 5.32 Å². The molecule has 0 aromatic heterocycles. The third-order valence-corrected chi connectivity index (χ3v) is 3.81. The van der Waals surface area contributed by atoms with E-state index < -0.39 is 0 Å². The third kappa shape index (κ3) is 2.20. The maximum atomic E-state index is 11.9. The first-order valence-corrected chi connectivity index (χ1v) is 6.27. The number of hydrogen-bond acceptors (Lipinski definition) is 2. The highest BCUT2D eigenvalue weighted by atomic mass is 16.3. The maximum Gasteiger partial charge on any atom is 0.223 e. The number of aliphatic hydroxyl groups excluding tert-OH is 1. The van der Waals surface area contributed by atoms with E-state index >= 15 is 0 Å². The average Bonchev–Trinajstić information content (AvgIpc) is 3.08. The van der Waals surface area contributed by atoms with Crippen LogP contribution in [0.25, 0.3) is 0 Å². The molecule has 1 amide bonds. The molecule has 2 N–H and O–H groups in total. The third-order valence-electron chi connectivity index (χ3n) is 3.81. The fraction of sp³-hybridized carbons (Fsp3) is 0.500. The second-order valence-corrected chi connectivity index (χ2v) is 5.19. The Labute approximate surface area is 101 Å². The van der Waals surface area contributed by atoms with Crippen LogP contribution in [0.2, 0.25) is 0 Å². The topological polar surface area (TPSA) is 49.3 Å². The number of carbonyl (C=O) groups is 1. The number of amides is 1. The zero-order valence-corrected chi connectivity index (χ0v) is 9.67. The molecule has 2 saturated carbocycles. The van der Waals surface area contributed by atoms with E-state index in [-0.39, 0.29) is 24.0 Å². The molecule has 0 bridgehead atoms. The van der Waals surface area contributed by atoms with Crippen molar-refractivity contribution in [3.05, 3.63) is 35.9 Å². The summed E-state index contributed by atoms with van der Waals surface area (Å²) in [7, 11) is 0. The highest BCUT2D eigenvalue weighted by Gasteiger charge is 2.45. The molecule has 0 aliphatic heterocycles. The fourth-order valence-electron chi connectivity index (χ4n) is 2.57. The molecule has 1 aromatic rings. The molecule has 2 fully saturated rings. The van der Waals surface area contributed by atoms with Crippen molar-refractivity contribution < 1.29 is 9.90 Å². The normalized spacial score (nSPS) is 34.9. The van der Waals surface area contributed by atoms with Gasteiger partial charge in [0.2, 0.25) is 5.91 Å². The van der Waals surface area contributed by atoms with E-state index in [4.69, 9.17) is 5.11 Å². The highest BCUT2D eigenvalue weighted by Crippen LogP contribution is 2.47. The zero-order valence-electron chi connectivity index (χ0n) is 9.67. The molecule has 3 heteroatoms. The van der Waals surface area contributed by atoms with Gasteiger partial charge in [0.1, 0.15) is 0 Å². The van der Waals surface area contributed by atoms with Gasteiger partial charge in [-0.1, -0.05) is 30.3 Å². The van der Waals surface area contributed by atoms with Gasteiger partial charge in [-0.05, 0) is 30.7 Å². The summed E-state index contributed by atoms with van der Waals surface area (Å²) in [6.07, 6.45) is 2.19. The molecule has 1 aromatic carbocycles. The summed E-state index contributed by atoms with van der Waals surface area (Å²) in [6, 6.07) is 10.4. The van der Waals surface area contributed by atoms with E-state index in [0.717, 1.165) is 6.42 Å². The first kappa shape index (κ1) is 10.8. The van der Waals surface area contributed by atoms with Crippen LogP contribution < -0.4 is 5.32 Å². The summed E-state index contributed by atoms with van der Waals surface area (Å²) in [6.45, 7) is 0. The van der Waals surface area contributed by atoms with Crippen molar-refractivity contribution >= 4 is 5.91 Å².